The minimum Gasteiger partial charge on any atom is -0.367 e. The highest BCUT2D eigenvalue weighted by molar-refractivity contribution is 6.05. The number of carbonyl (C=O) groups is 3. The zero-order valence-corrected chi connectivity index (χ0v) is 17.0. The fourth-order valence-electron chi connectivity index (χ4n) is 3.77. The van der Waals surface area contributed by atoms with E-state index in [9.17, 15) is 14.4 Å². The van der Waals surface area contributed by atoms with E-state index in [0.717, 1.165) is 17.7 Å². The quantitative estimate of drug-likeness (QED) is 0.448. The summed E-state index contributed by atoms with van der Waals surface area (Å²) in [7, 11) is 0. The summed E-state index contributed by atoms with van der Waals surface area (Å²) in [6, 6.07) is 4.79. The molecule has 0 spiro atoms. The van der Waals surface area contributed by atoms with Gasteiger partial charge in [0.2, 0.25) is 11.8 Å². The molecule has 3 aliphatic rings. The second kappa shape index (κ2) is 9.45. The van der Waals surface area contributed by atoms with Crippen molar-refractivity contribution in [1.29, 1.82) is 0 Å². The summed E-state index contributed by atoms with van der Waals surface area (Å²) in [5, 5.41) is 2.32. The zero-order chi connectivity index (χ0) is 21.6. The molecule has 1 fully saturated rings. The lowest BCUT2D eigenvalue weighted by atomic mass is 10.0. The molecule has 3 amide bonds. The summed E-state index contributed by atoms with van der Waals surface area (Å²) >= 11 is 0. The number of ether oxygens (including phenoxy) is 1. The van der Waals surface area contributed by atoms with E-state index in [1.165, 1.54) is 4.90 Å². The van der Waals surface area contributed by atoms with Crippen molar-refractivity contribution in [3.05, 3.63) is 71.6 Å². The average Bonchev–Trinajstić information content (AvgIpc) is 2.92. The number of piperidine rings is 1. The number of amides is 3. The van der Waals surface area contributed by atoms with E-state index in [0.29, 0.717) is 25.1 Å². The van der Waals surface area contributed by atoms with Crippen molar-refractivity contribution in [2.45, 2.75) is 25.4 Å². The second-order valence-corrected chi connectivity index (χ2v) is 7.39. The fourth-order valence-corrected chi connectivity index (χ4v) is 3.77. The fraction of sp³-hybridized carbons (Fsp3) is 0.292. The molecule has 0 aliphatic carbocycles. The van der Waals surface area contributed by atoms with Crippen molar-refractivity contribution in [3.8, 4) is 11.8 Å². The van der Waals surface area contributed by atoms with E-state index < -0.39 is 11.9 Å². The molecule has 158 valence electrons. The number of hydrogen-bond acceptors (Lipinski definition) is 5. The third kappa shape index (κ3) is 4.76. The van der Waals surface area contributed by atoms with Gasteiger partial charge in [0, 0.05) is 43.0 Å². The number of nitrogens with zero attached hydrogens (tertiary/aromatic N) is 2. The Morgan fingerprint density at radius 3 is 2.68 bits per heavy atom. The van der Waals surface area contributed by atoms with Crippen molar-refractivity contribution in [3.63, 3.8) is 0 Å². The van der Waals surface area contributed by atoms with E-state index >= 15 is 0 Å². The van der Waals surface area contributed by atoms with E-state index in [1.54, 1.807) is 12.1 Å². The minimum atomic E-state index is -0.626. The topological polar surface area (TPSA) is 79.0 Å². The Balaban J connectivity index is 1.35. The van der Waals surface area contributed by atoms with Gasteiger partial charge in [-0.3, -0.25) is 19.7 Å². The van der Waals surface area contributed by atoms with Gasteiger partial charge in [0.15, 0.2) is 0 Å². The van der Waals surface area contributed by atoms with Gasteiger partial charge < -0.3 is 14.5 Å². The summed E-state index contributed by atoms with van der Waals surface area (Å²) in [6.45, 7) is 1.87. The summed E-state index contributed by atoms with van der Waals surface area (Å²) < 4.78 is 5.61. The average molecular weight is 417 g/mol. The Bertz CT molecular complexity index is 1030. The van der Waals surface area contributed by atoms with Crippen LogP contribution in [-0.2, 0) is 20.9 Å². The first-order valence-electron chi connectivity index (χ1n) is 10.2. The number of imide groups is 1. The van der Waals surface area contributed by atoms with Gasteiger partial charge in [-0.1, -0.05) is 30.1 Å². The molecule has 1 atom stereocenters. The molecule has 7 nitrogen and oxygen atoms in total. The van der Waals surface area contributed by atoms with Crippen LogP contribution in [0.2, 0.25) is 0 Å². The smallest absolute Gasteiger partial charge is 0.255 e. The van der Waals surface area contributed by atoms with Crippen LogP contribution in [-0.4, -0.2) is 53.3 Å². The Morgan fingerprint density at radius 2 is 1.90 bits per heavy atom. The first-order chi connectivity index (χ1) is 15.1. The third-order valence-electron chi connectivity index (χ3n) is 5.36. The van der Waals surface area contributed by atoms with Crippen molar-refractivity contribution < 1.29 is 19.1 Å². The van der Waals surface area contributed by atoms with Crippen LogP contribution in [0.4, 0.5) is 0 Å². The van der Waals surface area contributed by atoms with Crippen LogP contribution in [0.5, 0.6) is 0 Å². The predicted octanol–water partition coefficient (Wildman–Crippen LogP) is 1.71. The highest BCUT2D eigenvalue weighted by Crippen LogP contribution is 2.29. The lowest BCUT2D eigenvalue weighted by Gasteiger charge is -2.29. The van der Waals surface area contributed by atoms with E-state index in [2.05, 4.69) is 17.2 Å². The molecule has 0 radical (unpaired) electrons. The zero-order valence-electron chi connectivity index (χ0n) is 17.0. The number of allylic oxidation sites excluding steroid dienone is 4. The molecular weight excluding hydrogens is 394 g/mol. The van der Waals surface area contributed by atoms with Crippen molar-refractivity contribution >= 4 is 17.7 Å². The highest BCUT2D eigenvalue weighted by atomic mass is 16.5. The lowest BCUT2D eigenvalue weighted by molar-refractivity contribution is -0.136. The molecule has 1 saturated heterocycles. The standard InChI is InChI=1S/C24H23N3O4/c28-22-11-10-21(23(29)25-22)27-17-20-18(7-5-9-19(20)24(27)30)8-6-15-31-16-14-26-12-3-1-2-4-13-26/h1-5,7,9,12-13,21H,10-11,14-17H2,(H,25,28,29). The molecule has 7 heteroatoms. The maximum absolute atomic E-state index is 12.8. The Hall–Kier alpha value is -3.63. The van der Waals surface area contributed by atoms with E-state index in [-0.39, 0.29) is 24.8 Å². The summed E-state index contributed by atoms with van der Waals surface area (Å²) in [5.41, 5.74) is 2.14. The van der Waals surface area contributed by atoms with Crippen molar-refractivity contribution in [2.24, 2.45) is 0 Å². The first kappa shape index (κ1) is 20.6. The van der Waals surface area contributed by atoms with Crippen LogP contribution in [0.15, 0.2) is 54.9 Å². The van der Waals surface area contributed by atoms with Crippen LogP contribution >= 0.6 is 0 Å². The van der Waals surface area contributed by atoms with Gasteiger partial charge in [0.25, 0.3) is 5.91 Å². The predicted molar refractivity (Wildman–Crippen MR) is 114 cm³/mol. The SMILES string of the molecule is O=C1CCC(N2Cc3c(C#CCOCCN4C=CC=CC=C4)cccc3C2=O)C(=O)N1. The van der Waals surface area contributed by atoms with E-state index in [4.69, 9.17) is 4.74 Å². The lowest BCUT2D eigenvalue weighted by Crippen LogP contribution is -2.52. The molecule has 4 rings (SSSR count). The number of rotatable bonds is 5. The molecule has 1 N–H and O–H groups in total. The molecule has 1 aromatic rings. The number of hydrogen-bond donors (Lipinski definition) is 1. The number of fused-ring (bicyclic) bond motifs is 1. The third-order valence-corrected chi connectivity index (χ3v) is 5.36. The normalized spacial score (nSPS) is 19.7. The molecule has 31 heavy (non-hydrogen) atoms. The Labute approximate surface area is 181 Å². The van der Waals surface area contributed by atoms with Gasteiger partial charge in [-0.15, -0.1) is 0 Å². The molecule has 0 aromatic heterocycles. The van der Waals surface area contributed by atoms with Gasteiger partial charge in [0.05, 0.1) is 6.61 Å². The van der Waals surface area contributed by atoms with Crippen LogP contribution < -0.4 is 5.32 Å². The Kier molecular flexibility index (Phi) is 6.29. The molecule has 0 bridgehead atoms. The van der Waals surface area contributed by atoms with Gasteiger partial charge in [-0.2, -0.15) is 0 Å². The van der Waals surface area contributed by atoms with Crippen molar-refractivity contribution in [1.82, 2.24) is 15.1 Å². The maximum Gasteiger partial charge on any atom is 0.255 e. The van der Waals surface area contributed by atoms with Crippen LogP contribution in [0, 0.1) is 11.8 Å². The highest BCUT2D eigenvalue weighted by Gasteiger charge is 2.39. The molecular formula is C24H23N3O4. The van der Waals surface area contributed by atoms with Gasteiger partial charge in [0.1, 0.15) is 12.6 Å². The van der Waals surface area contributed by atoms with E-state index in [1.807, 2.05) is 47.7 Å². The largest absolute Gasteiger partial charge is 0.367 e. The number of benzene rings is 1. The van der Waals surface area contributed by atoms with Crippen molar-refractivity contribution in [2.75, 3.05) is 19.8 Å². The first-order valence-corrected chi connectivity index (χ1v) is 10.2. The maximum atomic E-state index is 12.8. The Morgan fingerprint density at radius 1 is 1.10 bits per heavy atom. The van der Waals surface area contributed by atoms with Gasteiger partial charge >= 0.3 is 0 Å². The second-order valence-electron chi connectivity index (χ2n) is 7.39. The molecule has 1 unspecified atom stereocenters. The number of carbonyl (C=O) groups excluding carboxylic acids is 3. The molecule has 0 saturated carbocycles. The van der Waals surface area contributed by atoms with Crippen LogP contribution in [0.25, 0.3) is 0 Å². The van der Waals surface area contributed by atoms with Crippen LogP contribution in [0.3, 0.4) is 0 Å². The van der Waals surface area contributed by atoms with Crippen LogP contribution in [0.1, 0.15) is 34.3 Å². The minimum absolute atomic E-state index is 0.197. The summed E-state index contributed by atoms with van der Waals surface area (Å²) in [6.07, 6.45) is 12.4. The molecule has 1 aromatic carbocycles. The van der Waals surface area contributed by atoms with Gasteiger partial charge in [-0.05, 0) is 36.3 Å². The molecule has 3 aliphatic heterocycles. The number of nitrogens with one attached hydrogen (secondary N) is 1. The monoisotopic (exact) mass is 417 g/mol. The molecule has 3 heterocycles. The summed E-state index contributed by atoms with van der Waals surface area (Å²) in [4.78, 5) is 40.0. The van der Waals surface area contributed by atoms with Gasteiger partial charge in [-0.25, -0.2) is 0 Å². The summed E-state index contributed by atoms with van der Waals surface area (Å²) in [5.74, 6) is 5.20.